The van der Waals surface area contributed by atoms with E-state index in [1.165, 1.54) is 12.7 Å². The van der Waals surface area contributed by atoms with Crippen LogP contribution < -0.4 is 4.74 Å². The van der Waals surface area contributed by atoms with Gasteiger partial charge in [0.2, 0.25) is 0 Å². The predicted molar refractivity (Wildman–Crippen MR) is 107 cm³/mol. The number of hydrogen-bond acceptors (Lipinski definition) is 4. The van der Waals surface area contributed by atoms with Gasteiger partial charge >= 0.3 is 5.97 Å². The number of carbonyl (C=O) groups excluding carboxylic acids is 1. The molecule has 0 aromatic heterocycles. The molecule has 148 valence electrons. The number of ether oxygens (including phenoxy) is 2. The van der Waals surface area contributed by atoms with E-state index in [0.717, 1.165) is 49.7 Å². The number of rotatable bonds is 5. The zero-order chi connectivity index (χ0) is 19.8. The molecule has 0 spiro atoms. The fourth-order valence-electron chi connectivity index (χ4n) is 4.70. The van der Waals surface area contributed by atoms with Crippen LogP contribution in [0.4, 0.5) is 0 Å². The molecule has 4 heteroatoms. The Balaban J connectivity index is 2.16. The molecule has 0 saturated heterocycles. The lowest BCUT2D eigenvalue weighted by Gasteiger charge is -2.46. The van der Waals surface area contributed by atoms with E-state index in [2.05, 4.69) is 33.8 Å². The Hall–Kier alpha value is -1.97. The number of aryl methyl sites for hydroxylation is 1. The maximum Gasteiger partial charge on any atom is 0.341 e. The van der Waals surface area contributed by atoms with Gasteiger partial charge in [0.05, 0.1) is 7.11 Å². The van der Waals surface area contributed by atoms with Crippen LogP contribution in [-0.4, -0.2) is 23.8 Å². The van der Waals surface area contributed by atoms with Crippen molar-refractivity contribution in [3.8, 4) is 11.5 Å². The standard InChI is InChI=1S/C23H32O4/c1-6-7-8-9-15-13-18-20(21(24)19(15)22(25)26-5)16-12-14(2)10-11-17(16)23(3,4)27-18/h12-13,16-17,24H,6-11H2,1-5H3/t16?,17-/m1/s1. The fraction of sp³-hybridized carbons (Fsp3) is 0.609. The summed E-state index contributed by atoms with van der Waals surface area (Å²) in [6.07, 6.45) is 8.18. The van der Waals surface area contributed by atoms with E-state index >= 15 is 0 Å². The summed E-state index contributed by atoms with van der Waals surface area (Å²) in [7, 11) is 1.37. The molecular weight excluding hydrogens is 340 g/mol. The third-order valence-corrected chi connectivity index (χ3v) is 6.17. The van der Waals surface area contributed by atoms with Crippen molar-refractivity contribution in [2.75, 3.05) is 7.11 Å². The van der Waals surface area contributed by atoms with E-state index < -0.39 is 5.97 Å². The predicted octanol–water partition coefficient (Wildman–Crippen LogP) is 5.52. The molecule has 0 amide bonds. The monoisotopic (exact) mass is 372 g/mol. The summed E-state index contributed by atoms with van der Waals surface area (Å²) in [6, 6.07) is 1.96. The molecular formula is C23H32O4. The molecule has 1 unspecified atom stereocenters. The van der Waals surface area contributed by atoms with Gasteiger partial charge in [-0.05, 0) is 58.1 Å². The Labute approximate surface area is 162 Å². The minimum Gasteiger partial charge on any atom is -0.507 e. The number of aromatic hydroxyl groups is 1. The van der Waals surface area contributed by atoms with Gasteiger partial charge in [0.25, 0.3) is 0 Å². The molecule has 4 nitrogen and oxygen atoms in total. The number of hydrogen-bond donors (Lipinski definition) is 1. The number of phenols is 1. The molecule has 3 rings (SSSR count). The summed E-state index contributed by atoms with van der Waals surface area (Å²) in [5.41, 5.74) is 2.89. The zero-order valence-corrected chi connectivity index (χ0v) is 17.2. The summed E-state index contributed by atoms with van der Waals surface area (Å²) in [6.45, 7) is 8.54. The Bertz CT molecular complexity index is 760. The molecule has 1 heterocycles. The average Bonchev–Trinajstić information content (AvgIpc) is 2.60. The summed E-state index contributed by atoms with van der Waals surface area (Å²) < 4.78 is 11.4. The lowest BCUT2D eigenvalue weighted by atomic mass is 9.67. The lowest BCUT2D eigenvalue weighted by Crippen LogP contribution is -2.45. The normalized spacial score (nSPS) is 22.9. The van der Waals surface area contributed by atoms with E-state index in [-0.39, 0.29) is 23.2 Å². The van der Waals surface area contributed by atoms with Crippen LogP contribution in [0.15, 0.2) is 17.7 Å². The van der Waals surface area contributed by atoms with Crippen LogP contribution in [0.1, 0.15) is 87.2 Å². The highest BCUT2D eigenvalue weighted by Crippen LogP contribution is 2.54. The van der Waals surface area contributed by atoms with Gasteiger partial charge in [-0.15, -0.1) is 0 Å². The molecule has 0 radical (unpaired) electrons. The molecule has 27 heavy (non-hydrogen) atoms. The van der Waals surface area contributed by atoms with Crippen molar-refractivity contribution >= 4 is 5.97 Å². The summed E-state index contributed by atoms with van der Waals surface area (Å²) in [5.74, 6) is 0.618. The largest absolute Gasteiger partial charge is 0.507 e. The van der Waals surface area contributed by atoms with Gasteiger partial charge < -0.3 is 14.6 Å². The minimum absolute atomic E-state index is 0.0438. The second-order valence-corrected chi connectivity index (χ2v) is 8.51. The number of unbranched alkanes of at least 4 members (excludes halogenated alkanes) is 2. The molecule has 1 aromatic rings. The smallest absolute Gasteiger partial charge is 0.341 e. The van der Waals surface area contributed by atoms with Gasteiger partial charge in [-0.25, -0.2) is 4.79 Å². The number of esters is 1. The number of benzene rings is 1. The Morgan fingerprint density at radius 3 is 2.78 bits per heavy atom. The average molecular weight is 373 g/mol. The first kappa shape index (κ1) is 19.8. The molecule has 0 saturated carbocycles. The van der Waals surface area contributed by atoms with Crippen molar-refractivity contribution < 1.29 is 19.4 Å². The van der Waals surface area contributed by atoms with Crippen molar-refractivity contribution in [3.63, 3.8) is 0 Å². The van der Waals surface area contributed by atoms with Gasteiger partial charge in [0.1, 0.15) is 22.7 Å². The van der Waals surface area contributed by atoms with Crippen molar-refractivity contribution in [1.82, 2.24) is 0 Å². The summed E-state index contributed by atoms with van der Waals surface area (Å²) in [4.78, 5) is 12.5. The maximum atomic E-state index is 12.5. The van der Waals surface area contributed by atoms with E-state index in [1.54, 1.807) is 0 Å². The van der Waals surface area contributed by atoms with Crippen LogP contribution in [0.25, 0.3) is 0 Å². The molecule has 1 N–H and O–H groups in total. The third-order valence-electron chi connectivity index (χ3n) is 6.17. The van der Waals surface area contributed by atoms with Crippen LogP contribution >= 0.6 is 0 Å². The molecule has 2 aliphatic rings. The van der Waals surface area contributed by atoms with Crippen LogP contribution in [0, 0.1) is 5.92 Å². The number of phenolic OH excluding ortho intramolecular Hbond substituents is 1. The van der Waals surface area contributed by atoms with E-state index in [1.807, 2.05) is 6.07 Å². The van der Waals surface area contributed by atoms with Crippen LogP contribution in [0.3, 0.4) is 0 Å². The summed E-state index contributed by atoms with van der Waals surface area (Å²) >= 11 is 0. The lowest BCUT2D eigenvalue weighted by molar-refractivity contribution is 0.0106. The first-order chi connectivity index (χ1) is 12.8. The molecule has 1 aliphatic heterocycles. The maximum absolute atomic E-state index is 12.5. The third kappa shape index (κ3) is 3.59. The molecule has 1 aromatic carbocycles. The minimum atomic E-state index is -0.473. The van der Waals surface area contributed by atoms with Crippen molar-refractivity contribution in [1.29, 1.82) is 0 Å². The van der Waals surface area contributed by atoms with E-state index in [9.17, 15) is 9.90 Å². The topological polar surface area (TPSA) is 55.8 Å². The molecule has 1 aliphatic carbocycles. The molecule has 0 bridgehead atoms. The number of carbonyl (C=O) groups is 1. The first-order valence-corrected chi connectivity index (χ1v) is 10.1. The fourth-order valence-corrected chi connectivity index (χ4v) is 4.70. The van der Waals surface area contributed by atoms with Gasteiger partial charge in [-0.3, -0.25) is 0 Å². The molecule has 0 fully saturated rings. The van der Waals surface area contributed by atoms with Crippen LogP contribution in [-0.2, 0) is 11.2 Å². The van der Waals surface area contributed by atoms with Crippen LogP contribution in [0.5, 0.6) is 11.5 Å². The number of fused-ring (bicyclic) bond motifs is 3. The number of methoxy groups -OCH3 is 1. The first-order valence-electron chi connectivity index (χ1n) is 10.1. The van der Waals surface area contributed by atoms with Crippen molar-refractivity contribution in [2.45, 2.75) is 77.7 Å². The van der Waals surface area contributed by atoms with Gasteiger partial charge in [-0.2, -0.15) is 0 Å². The van der Waals surface area contributed by atoms with E-state index in [0.29, 0.717) is 11.3 Å². The highest BCUT2D eigenvalue weighted by atomic mass is 16.5. The van der Waals surface area contributed by atoms with Crippen LogP contribution in [0.2, 0.25) is 0 Å². The van der Waals surface area contributed by atoms with Crippen molar-refractivity contribution in [3.05, 3.63) is 34.4 Å². The summed E-state index contributed by atoms with van der Waals surface area (Å²) in [5, 5.41) is 11.2. The highest BCUT2D eigenvalue weighted by Gasteiger charge is 2.46. The Kier molecular flexibility index (Phi) is 5.55. The SMILES string of the molecule is CCCCCc1cc2c(c(O)c1C(=O)OC)C1C=C(C)CC[C@H]1C(C)(C)O2. The zero-order valence-electron chi connectivity index (χ0n) is 17.2. The highest BCUT2D eigenvalue weighted by molar-refractivity contribution is 5.95. The quantitative estimate of drug-likeness (QED) is 0.420. The van der Waals surface area contributed by atoms with Gasteiger partial charge in [0, 0.05) is 17.4 Å². The second kappa shape index (κ2) is 7.57. The Morgan fingerprint density at radius 2 is 2.11 bits per heavy atom. The number of allylic oxidation sites excluding steroid dienone is 2. The second-order valence-electron chi connectivity index (χ2n) is 8.51. The van der Waals surface area contributed by atoms with E-state index in [4.69, 9.17) is 9.47 Å². The van der Waals surface area contributed by atoms with Gasteiger partial charge in [-0.1, -0.05) is 31.4 Å². The molecule has 2 atom stereocenters. The van der Waals surface area contributed by atoms with Gasteiger partial charge in [0.15, 0.2) is 0 Å². The van der Waals surface area contributed by atoms with Crippen molar-refractivity contribution in [2.24, 2.45) is 5.92 Å². The Morgan fingerprint density at radius 1 is 1.37 bits per heavy atom.